The fourth-order valence-corrected chi connectivity index (χ4v) is 8.24. The van der Waals surface area contributed by atoms with Crippen molar-refractivity contribution in [1.29, 1.82) is 0 Å². The van der Waals surface area contributed by atoms with Crippen molar-refractivity contribution < 1.29 is 140 Å². The second-order valence-corrected chi connectivity index (χ2v) is 15.8. The quantitative estimate of drug-likeness (QED) is 0.0943. The molecule has 6 aromatic rings. The minimum atomic E-state index is -1.59. The fourth-order valence-electron chi connectivity index (χ4n) is 8.24. The minimum Gasteiger partial charge on any atom is -0.545 e. The molecular formula is C45H39N9O12Sm2. The zero-order valence-corrected chi connectivity index (χ0v) is 41.8. The number of pyridine rings is 3. The van der Waals surface area contributed by atoms with Gasteiger partial charge in [-0.3, -0.25) is 29.7 Å². The van der Waals surface area contributed by atoms with Crippen LogP contribution >= 0.6 is 0 Å². The van der Waals surface area contributed by atoms with Gasteiger partial charge in [-0.1, -0.05) is 0 Å². The van der Waals surface area contributed by atoms with Crippen molar-refractivity contribution in [3.63, 3.8) is 0 Å². The number of carbonyl (C=O) groups excluding carboxylic acids is 6. The summed E-state index contributed by atoms with van der Waals surface area (Å²) in [4.78, 5) is 91.6. The Kier molecular flexibility index (Phi) is 18.0. The summed E-state index contributed by atoms with van der Waals surface area (Å²) >= 11 is 0. The molecule has 21 nitrogen and oxygen atoms in total. The van der Waals surface area contributed by atoms with Gasteiger partial charge in [-0.2, -0.15) is 0 Å². The van der Waals surface area contributed by atoms with Crippen LogP contribution in [0.3, 0.4) is 0 Å². The van der Waals surface area contributed by atoms with Crippen molar-refractivity contribution in [2.75, 3.05) is 39.3 Å². The first-order valence-corrected chi connectivity index (χ1v) is 20.3. The molecule has 7 rings (SSSR count). The van der Waals surface area contributed by atoms with Crippen LogP contribution < -0.4 is 30.6 Å². The van der Waals surface area contributed by atoms with Crippen LogP contribution in [0.2, 0.25) is 0 Å². The van der Waals surface area contributed by atoms with Gasteiger partial charge in [0.2, 0.25) is 0 Å². The van der Waals surface area contributed by atoms with E-state index in [4.69, 9.17) is 0 Å². The molecule has 0 bridgehead atoms. The standard InChI is InChI=1S/C45H45N9O12.2Sm/c1-49-7-4-31(40(55)56)37(49)25-16-28(46-34(19-25)43(61)62)22-52-10-12-53(23-29-17-26(20-35(47-29)44(63)64)38-32(41(57)58)5-8-50(38)2)14-15-54(13-11-52)24-30-18-27(21-36(48-30)45(65)66)39-33(42(59)60)6-9-51(39)3;;/h4-9,16-21H,10-15,22-24H2,1-3H3,(H,55,56)(H,57,58)(H,59,60)(H,61,62)(H,63,64)(H,65,66);;/q;2*+3/p-6. The van der Waals surface area contributed by atoms with Gasteiger partial charge in [-0.05, 0) is 54.6 Å². The Morgan fingerprint density at radius 3 is 0.853 bits per heavy atom. The van der Waals surface area contributed by atoms with Crippen molar-refractivity contribution in [2.45, 2.75) is 19.6 Å². The van der Waals surface area contributed by atoms with E-state index in [0.717, 1.165) is 0 Å². The summed E-state index contributed by atoms with van der Waals surface area (Å²) in [5, 5.41) is 72.7. The average molecular weight is 1200 g/mol. The number of aromatic nitrogens is 6. The molecule has 348 valence electrons. The van der Waals surface area contributed by atoms with Crippen molar-refractivity contribution in [1.82, 2.24) is 43.4 Å². The fraction of sp³-hybridized carbons (Fsp3) is 0.267. The number of hydrogen-bond acceptors (Lipinski definition) is 18. The van der Waals surface area contributed by atoms with Crippen molar-refractivity contribution >= 4 is 35.8 Å². The van der Waals surface area contributed by atoms with Gasteiger partial charge in [0.1, 0.15) is 0 Å². The van der Waals surface area contributed by atoms with Crippen molar-refractivity contribution in [3.8, 4) is 33.8 Å². The molecule has 23 heteroatoms. The van der Waals surface area contributed by atoms with Crippen molar-refractivity contribution in [3.05, 3.63) is 124 Å². The maximum Gasteiger partial charge on any atom is 3.00 e. The smallest absolute Gasteiger partial charge is 0.545 e. The molecule has 1 saturated heterocycles. The van der Waals surface area contributed by atoms with E-state index in [1.807, 2.05) is 14.7 Å². The number of aryl methyl sites for hydroxylation is 3. The average Bonchev–Trinajstić information content (AvgIpc) is 3.99. The van der Waals surface area contributed by atoms with Crippen LogP contribution in [0.5, 0.6) is 0 Å². The number of nitrogens with zero attached hydrogens (tertiary/aromatic N) is 9. The molecule has 1 aliphatic heterocycles. The SMILES string of the molecule is Cn1ccc(C(=O)[O-])c1-c1cc(CN2CCN(Cc3cc(-c4c(C(=O)[O-])ccn4C)cc(C(=O)[O-])n3)CCN(Cc3cc(-c4c(C(=O)[O-])ccn4C)cc(C(=O)[O-])n3)CC2)nc(C(=O)[O-])c1.[Sm+3].[Sm+3]. The molecule has 0 amide bonds. The second-order valence-electron chi connectivity index (χ2n) is 15.8. The third kappa shape index (κ3) is 12.3. The number of carboxylic acids is 6. The zero-order chi connectivity index (χ0) is 47.6. The first-order valence-electron chi connectivity index (χ1n) is 20.3. The number of carbonyl (C=O) groups is 6. The molecule has 2 radical (unpaired) electrons. The maximum atomic E-state index is 12.2. The molecule has 0 N–H and O–H groups in total. The van der Waals surface area contributed by atoms with Gasteiger partial charge in [0.05, 0.1) is 87.1 Å². The molecule has 68 heavy (non-hydrogen) atoms. The Hall–Kier alpha value is -5.33. The Balaban J connectivity index is 0.00000432. The third-order valence-corrected chi connectivity index (χ3v) is 11.3. The van der Waals surface area contributed by atoms with E-state index in [0.29, 0.717) is 39.3 Å². The van der Waals surface area contributed by atoms with E-state index in [-0.39, 0.29) is 168 Å². The van der Waals surface area contributed by atoms with Gasteiger partial charge in [0.15, 0.2) is 0 Å². The second kappa shape index (κ2) is 22.8. The van der Waals surface area contributed by atoms with E-state index in [1.165, 1.54) is 68.7 Å². The van der Waals surface area contributed by atoms with Crippen LogP contribution in [0.4, 0.5) is 0 Å². The summed E-state index contributed by atoms with van der Waals surface area (Å²) in [6.07, 6.45) is 4.49. The Morgan fingerprint density at radius 1 is 0.412 bits per heavy atom. The van der Waals surface area contributed by atoms with E-state index in [2.05, 4.69) is 15.0 Å². The van der Waals surface area contributed by atoms with Gasteiger partial charge in [0, 0.05) is 132 Å². The van der Waals surface area contributed by atoms with Crippen molar-refractivity contribution in [2.24, 2.45) is 21.1 Å². The predicted molar refractivity (Wildman–Crippen MR) is 218 cm³/mol. The molecular weight excluding hydrogens is 1160 g/mol. The van der Waals surface area contributed by atoms with Gasteiger partial charge in [-0.25, -0.2) is 0 Å². The summed E-state index contributed by atoms with van der Waals surface area (Å²) in [7, 11) is 4.78. The molecule has 0 atom stereocenters. The number of carboxylic acid groups (broad SMARTS) is 6. The number of rotatable bonds is 15. The molecule has 0 aromatic carbocycles. The Bertz CT molecular complexity index is 2610. The summed E-state index contributed by atoms with van der Waals surface area (Å²) in [5.74, 6) is -9.19. The monoisotopic (exact) mass is 1200 g/mol. The first kappa shape index (κ1) is 53.6. The van der Waals surface area contributed by atoms with Crippen LogP contribution in [0, 0.1) is 80.8 Å². The number of aromatic carboxylic acids is 6. The normalized spacial score (nSPS) is 13.6. The molecule has 1 aliphatic rings. The van der Waals surface area contributed by atoms with E-state index in [1.54, 1.807) is 39.3 Å². The van der Waals surface area contributed by atoms with Crippen LogP contribution in [0.25, 0.3) is 33.8 Å². The van der Waals surface area contributed by atoms with Crippen LogP contribution in [0.15, 0.2) is 73.2 Å². The molecule has 0 aliphatic carbocycles. The van der Waals surface area contributed by atoms with Crippen LogP contribution in [-0.4, -0.2) is 118 Å². The predicted octanol–water partition coefficient (Wildman–Crippen LogP) is -4.11. The molecule has 0 unspecified atom stereocenters. The first-order chi connectivity index (χ1) is 31.4. The van der Waals surface area contributed by atoms with E-state index >= 15 is 0 Å². The molecule has 0 spiro atoms. The zero-order valence-electron chi connectivity index (χ0n) is 36.5. The van der Waals surface area contributed by atoms with Gasteiger partial charge in [-0.15, -0.1) is 0 Å². The third-order valence-electron chi connectivity index (χ3n) is 11.3. The number of hydrogen-bond donors (Lipinski definition) is 0. The topological polar surface area (TPSA) is 304 Å². The Labute approximate surface area is 452 Å². The summed E-state index contributed by atoms with van der Waals surface area (Å²) < 4.78 is 4.53. The molecule has 7 heterocycles. The maximum absolute atomic E-state index is 12.2. The van der Waals surface area contributed by atoms with Gasteiger partial charge < -0.3 is 73.1 Å². The summed E-state index contributed by atoms with van der Waals surface area (Å²) in [6.45, 7) is 2.04. The van der Waals surface area contributed by atoms with Crippen LogP contribution in [-0.2, 0) is 40.8 Å². The van der Waals surface area contributed by atoms with Gasteiger partial charge in [0.25, 0.3) is 0 Å². The molecule has 1 fully saturated rings. The summed E-state index contributed by atoms with van der Waals surface area (Å²) in [5.41, 5.74) is 0.215. The largest absolute Gasteiger partial charge is 3.00 e. The molecule has 6 aromatic heterocycles. The minimum absolute atomic E-state index is 0. The Morgan fingerprint density at radius 2 is 0.647 bits per heavy atom. The van der Waals surface area contributed by atoms with Gasteiger partial charge >= 0.3 is 80.8 Å². The van der Waals surface area contributed by atoms with E-state index < -0.39 is 52.9 Å². The van der Waals surface area contributed by atoms with E-state index in [9.17, 15) is 59.4 Å². The molecule has 0 saturated carbocycles. The summed E-state index contributed by atoms with van der Waals surface area (Å²) in [6, 6.07) is 12.3. The van der Waals surface area contributed by atoms with Crippen LogP contribution in [0.1, 0.15) is 79.6 Å².